The number of hydrogen-bond acceptors (Lipinski definition) is 4. The Kier molecular flexibility index (Phi) is 3.16. The first-order valence-corrected chi connectivity index (χ1v) is 5.68. The number of ether oxygens (including phenoxy) is 1. The fourth-order valence-electron chi connectivity index (χ4n) is 1.57. The fourth-order valence-corrected chi connectivity index (χ4v) is 2.31. The van der Waals surface area contributed by atoms with Crippen molar-refractivity contribution in [3.63, 3.8) is 0 Å². The standard InChI is InChI=1S/C10H14N2OS/c1-11-10(9-6-12-7-14-9)8-4-2-3-5-13-8/h4,6-7,10-11H,2-3,5H2,1H3. The topological polar surface area (TPSA) is 34.1 Å². The number of thiazole rings is 1. The van der Waals surface area contributed by atoms with Gasteiger partial charge in [0.1, 0.15) is 11.8 Å². The van der Waals surface area contributed by atoms with Gasteiger partial charge in [0, 0.05) is 11.1 Å². The van der Waals surface area contributed by atoms with E-state index in [2.05, 4.69) is 16.4 Å². The van der Waals surface area contributed by atoms with Crippen molar-refractivity contribution in [3.8, 4) is 0 Å². The SMILES string of the molecule is CNC(C1=CCCCO1)c1cncs1. The minimum atomic E-state index is 0.183. The molecule has 2 rings (SSSR count). The van der Waals surface area contributed by atoms with E-state index in [1.54, 1.807) is 11.3 Å². The fraction of sp³-hybridized carbons (Fsp3) is 0.500. The van der Waals surface area contributed by atoms with E-state index in [0.29, 0.717) is 0 Å². The summed E-state index contributed by atoms with van der Waals surface area (Å²) in [6.45, 7) is 0.836. The van der Waals surface area contributed by atoms with Gasteiger partial charge in [0.2, 0.25) is 0 Å². The molecule has 0 fully saturated rings. The number of rotatable bonds is 3. The van der Waals surface area contributed by atoms with E-state index in [-0.39, 0.29) is 6.04 Å². The minimum absolute atomic E-state index is 0.183. The van der Waals surface area contributed by atoms with Gasteiger partial charge in [-0.3, -0.25) is 4.98 Å². The van der Waals surface area contributed by atoms with Crippen molar-refractivity contribution in [1.29, 1.82) is 0 Å². The Morgan fingerprint density at radius 3 is 3.14 bits per heavy atom. The van der Waals surface area contributed by atoms with Crippen LogP contribution in [0.2, 0.25) is 0 Å². The van der Waals surface area contributed by atoms with Gasteiger partial charge in [0.15, 0.2) is 0 Å². The van der Waals surface area contributed by atoms with E-state index >= 15 is 0 Å². The van der Waals surface area contributed by atoms with E-state index in [0.717, 1.165) is 25.2 Å². The second-order valence-electron chi connectivity index (χ2n) is 3.22. The zero-order valence-electron chi connectivity index (χ0n) is 8.19. The van der Waals surface area contributed by atoms with Crippen LogP contribution < -0.4 is 5.32 Å². The average Bonchev–Trinajstić information content (AvgIpc) is 2.74. The average molecular weight is 210 g/mol. The molecular formula is C10H14N2OS. The molecule has 0 saturated heterocycles. The normalized spacial score (nSPS) is 18.5. The maximum atomic E-state index is 5.63. The summed E-state index contributed by atoms with van der Waals surface area (Å²) in [7, 11) is 1.95. The van der Waals surface area contributed by atoms with Gasteiger partial charge in [-0.25, -0.2) is 0 Å². The summed E-state index contributed by atoms with van der Waals surface area (Å²) in [6, 6.07) is 0.183. The number of nitrogens with one attached hydrogen (secondary N) is 1. The van der Waals surface area contributed by atoms with Crippen LogP contribution in [0.3, 0.4) is 0 Å². The van der Waals surface area contributed by atoms with Gasteiger partial charge in [-0.2, -0.15) is 0 Å². The molecule has 1 unspecified atom stereocenters. The number of aromatic nitrogens is 1. The molecule has 0 saturated carbocycles. The zero-order chi connectivity index (χ0) is 9.80. The van der Waals surface area contributed by atoms with Crippen molar-refractivity contribution in [1.82, 2.24) is 10.3 Å². The lowest BCUT2D eigenvalue weighted by Crippen LogP contribution is -2.21. The molecule has 3 nitrogen and oxygen atoms in total. The molecule has 1 atom stereocenters. The number of hydrogen-bond donors (Lipinski definition) is 1. The zero-order valence-corrected chi connectivity index (χ0v) is 9.01. The smallest absolute Gasteiger partial charge is 0.114 e. The highest BCUT2D eigenvalue weighted by molar-refractivity contribution is 7.09. The van der Waals surface area contributed by atoms with Gasteiger partial charge in [-0.05, 0) is 26.0 Å². The summed E-state index contributed by atoms with van der Waals surface area (Å²) in [5.74, 6) is 1.04. The molecule has 0 aromatic carbocycles. The van der Waals surface area contributed by atoms with Crippen molar-refractivity contribution in [2.45, 2.75) is 18.9 Å². The van der Waals surface area contributed by atoms with Crippen LogP contribution in [-0.2, 0) is 4.74 Å². The first kappa shape index (κ1) is 9.68. The van der Waals surface area contributed by atoms with Crippen molar-refractivity contribution in [2.75, 3.05) is 13.7 Å². The minimum Gasteiger partial charge on any atom is -0.496 e. The molecule has 0 amide bonds. The van der Waals surface area contributed by atoms with Gasteiger partial charge in [-0.15, -0.1) is 11.3 Å². The monoisotopic (exact) mass is 210 g/mol. The van der Waals surface area contributed by atoms with E-state index in [1.165, 1.54) is 4.88 Å². The molecule has 1 aromatic heterocycles. The van der Waals surface area contributed by atoms with Crippen LogP contribution in [0.15, 0.2) is 23.5 Å². The van der Waals surface area contributed by atoms with Crippen molar-refractivity contribution < 1.29 is 4.74 Å². The highest BCUT2D eigenvalue weighted by Gasteiger charge is 2.19. The van der Waals surface area contributed by atoms with Crippen LogP contribution in [0, 0.1) is 0 Å². The maximum Gasteiger partial charge on any atom is 0.114 e. The van der Waals surface area contributed by atoms with Crippen LogP contribution in [-0.4, -0.2) is 18.6 Å². The quantitative estimate of drug-likeness (QED) is 0.829. The first-order valence-electron chi connectivity index (χ1n) is 4.80. The van der Waals surface area contributed by atoms with Crippen molar-refractivity contribution in [2.24, 2.45) is 0 Å². The summed E-state index contributed by atoms with van der Waals surface area (Å²) in [5.41, 5.74) is 1.85. The van der Waals surface area contributed by atoms with Crippen molar-refractivity contribution in [3.05, 3.63) is 28.4 Å². The van der Waals surface area contributed by atoms with E-state index in [9.17, 15) is 0 Å². The summed E-state index contributed by atoms with van der Waals surface area (Å²) < 4.78 is 5.63. The second kappa shape index (κ2) is 4.57. The lowest BCUT2D eigenvalue weighted by Gasteiger charge is -2.22. The Bertz CT molecular complexity index is 308. The van der Waals surface area contributed by atoms with Gasteiger partial charge in [0.05, 0.1) is 12.1 Å². The molecule has 0 radical (unpaired) electrons. The van der Waals surface area contributed by atoms with Gasteiger partial charge in [-0.1, -0.05) is 0 Å². The summed E-state index contributed by atoms with van der Waals surface area (Å²) in [6.07, 6.45) is 6.31. The van der Waals surface area contributed by atoms with Crippen LogP contribution in [0.1, 0.15) is 23.8 Å². The van der Waals surface area contributed by atoms with Crippen LogP contribution in [0.25, 0.3) is 0 Å². The first-order chi connectivity index (χ1) is 6.92. The molecule has 0 aliphatic carbocycles. The van der Waals surface area contributed by atoms with E-state index in [4.69, 9.17) is 4.74 Å². The number of likely N-dealkylation sites (N-methyl/N-ethyl adjacent to an activating group) is 1. The predicted octanol–water partition coefficient (Wildman–Crippen LogP) is 2.10. The Balaban J connectivity index is 2.16. The highest BCUT2D eigenvalue weighted by atomic mass is 32.1. The molecule has 76 valence electrons. The van der Waals surface area contributed by atoms with E-state index < -0.39 is 0 Å². The second-order valence-corrected chi connectivity index (χ2v) is 4.14. The third-order valence-corrected chi connectivity index (χ3v) is 3.11. The molecule has 1 aromatic rings. The Hall–Kier alpha value is -0.870. The molecule has 2 heterocycles. The molecule has 4 heteroatoms. The molecular weight excluding hydrogens is 196 g/mol. The number of allylic oxidation sites excluding steroid dienone is 1. The van der Waals surface area contributed by atoms with Crippen molar-refractivity contribution >= 4 is 11.3 Å². The van der Waals surface area contributed by atoms with Crippen LogP contribution >= 0.6 is 11.3 Å². The summed E-state index contributed by atoms with van der Waals surface area (Å²) in [4.78, 5) is 5.29. The van der Waals surface area contributed by atoms with Gasteiger partial charge < -0.3 is 10.1 Å². The molecule has 1 aliphatic heterocycles. The Morgan fingerprint density at radius 2 is 2.57 bits per heavy atom. The highest BCUT2D eigenvalue weighted by Crippen LogP contribution is 2.27. The Morgan fingerprint density at radius 1 is 1.64 bits per heavy atom. The number of nitrogens with zero attached hydrogens (tertiary/aromatic N) is 1. The summed E-state index contributed by atoms with van der Waals surface area (Å²) in [5, 5.41) is 3.25. The third-order valence-electron chi connectivity index (χ3n) is 2.27. The lowest BCUT2D eigenvalue weighted by molar-refractivity contribution is 0.170. The van der Waals surface area contributed by atoms with Crippen LogP contribution in [0.4, 0.5) is 0 Å². The largest absolute Gasteiger partial charge is 0.496 e. The summed E-state index contributed by atoms with van der Waals surface area (Å²) >= 11 is 1.65. The predicted molar refractivity (Wildman–Crippen MR) is 57.2 cm³/mol. The van der Waals surface area contributed by atoms with Crippen LogP contribution in [0.5, 0.6) is 0 Å². The third kappa shape index (κ3) is 1.96. The van der Waals surface area contributed by atoms with E-state index in [1.807, 2.05) is 18.8 Å². The maximum absolute atomic E-state index is 5.63. The molecule has 14 heavy (non-hydrogen) atoms. The Labute approximate surface area is 87.8 Å². The van der Waals surface area contributed by atoms with Gasteiger partial charge in [0.25, 0.3) is 0 Å². The molecule has 1 aliphatic rings. The van der Waals surface area contributed by atoms with Gasteiger partial charge >= 0.3 is 0 Å². The molecule has 0 bridgehead atoms. The molecule has 1 N–H and O–H groups in total. The lowest BCUT2D eigenvalue weighted by atomic mass is 10.1. The molecule has 0 spiro atoms.